The third kappa shape index (κ3) is 6.11. The fourth-order valence-electron chi connectivity index (χ4n) is 1.70. The van der Waals surface area contributed by atoms with E-state index in [1.807, 2.05) is 26.0 Å². The van der Waals surface area contributed by atoms with Crippen molar-refractivity contribution < 1.29 is 4.74 Å². The molecule has 0 bridgehead atoms. The van der Waals surface area contributed by atoms with Crippen LogP contribution in [0.4, 0.5) is 0 Å². The van der Waals surface area contributed by atoms with Gasteiger partial charge in [0.1, 0.15) is 5.75 Å². The first-order valence-electron chi connectivity index (χ1n) is 7.25. The van der Waals surface area contributed by atoms with Gasteiger partial charge in [-0.15, -0.1) is 0 Å². The molecule has 108 valence electrons. The van der Waals surface area contributed by atoms with Crippen molar-refractivity contribution in [2.45, 2.75) is 54.2 Å². The normalized spacial score (nSPS) is 13.6. The van der Waals surface area contributed by atoms with Gasteiger partial charge in [-0.05, 0) is 49.4 Å². The zero-order valence-electron chi connectivity index (χ0n) is 13.3. The third-order valence-electron chi connectivity index (χ3n) is 3.55. The van der Waals surface area contributed by atoms with Gasteiger partial charge in [0.15, 0.2) is 0 Å². The minimum Gasteiger partial charge on any atom is -0.491 e. The van der Waals surface area contributed by atoms with Gasteiger partial charge >= 0.3 is 0 Å². The molecule has 19 heavy (non-hydrogen) atoms. The lowest BCUT2D eigenvalue weighted by molar-refractivity contribution is 0.242. The first-order chi connectivity index (χ1) is 8.79. The van der Waals surface area contributed by atoms with E-state index in [1.165, 1.54) is 5.56 Å². The van der Waals surface area contributed by atoms with E-state index < -0.39 is 0 Å². The van der Waals surface area contributed by atoms with Crippen LogP contribution in [0.25, 0.3) is 0 Å². The Morgan fingerprint density at radius 2 is 1.63 bits per heavy atom. The first kappa shape index (κ1) is 16.0. The topological polar surface area (TPSA) is 21.3 Å². The number of nitrogens with one attached hydrogen (secondary N) is 1. The second kappa shape index (κ2) is 6.95. The van der Waals surface area contributed by atoms with E-state index in [9.17, 15) is 0 Å². The largest absolute Gasteiger partial charge is 0.491 e. The van der Waals surface area contributed by atoms with Crippen molar-refractivity contribution in [2.75, 3.05) is 6.54 Å². The zero-order valence-corrected chi connectivity index (χ0v) is 13.3. The molecule has 0 saturated carbocycles. The van der Waals surface area contributed by atoms with E-state index in [2.05, 4.69) is 45.1 Å². The van der Waals surface area contributed by atoms with Crippen molar-refractivity contribution in [1.82, 2.24) is 5.32 Å². The van der Waals surface area contributed by atoms with Crippen molar-refractivity contribution in [3.8, 4) is 5.75 Å². The van der Waals surface area contributed by atoms with Gasteiger partial charge in [-0.25, -0.2) is 0 Å². The molecule has 0 radical (unpaired) electrons. The lowest BCUT2D eigenvalue weighted by Crippen LogP contribution is -2.29. The Morgan fingerprint density at radius 1 is 1.05 bits per heavy atom. The van der Waals surface area contributed by atoms with Crippen LogP contribution in [0.1, 0.15) is 47.1 Å². The maximum atomic E-state index is 5.64. The third-order valence-corrected chi connectivity index (χ3v) is 3.55. The lowest BCUT2D eigenvalue weighted by Gasteiger charge is -2.27. The van der Waals surface area contributed by atoms with Crippen molar-refractivity contribution >= 4 is 0 Å². The number of benzene rings is 1. The van der Waals surface area contributed by atoms with Crippen LogP contribution in [-0.2, 0) is 6.54 Å². The van der Waals surface area contributed by atoms with Crippen molar-refractivity contribution in [1.29, 1.82) is 0 Å². The van der Waals surface area contributed by atoms with Crippen LogP contribution in [0, 0.1) is 11.3 Å². The summed E-state index contributed by atoms with van der Waals surface area (Å²) in [6.45, 7) is 15.2. The average Bonchev–Trinajstić information content (AvgIpc) is 2.29. The molecule has 2 nitrogen and oxygen atoms in total. The summed E-state index contributed by atoms with van der Waals surface area (Å²) in [6.07, 6.45) is 0.233. The summed E-state index contributed by atoms with van der Waals surface area (Å²) in [5.74, 6) is 1.61. The number of hydrogen-bond acceptors (Lipinski definition) is 2. The zero-order chi connectivity index (χ0) is 14.5. The van der Waals surface area contributed by atoms with E-state index in [0.717, 1.165) is 18.8 Å². The Kier molecular flexibility index (Phi) is 5.86. The molecule has 0 aliphatic heterocycles. The Hall–Kier alpha value is -1.02. The summed E-state index contributed by atoms with van der Waals surface area (Å²) in [5.41, 5.74) is 1.67. The highest BCUT2D eigenvalue weighted by Crippen LogP contribution is 2.24. The van der Waals surface area contributed by atoms with Crippen LogP contribution < -0.4 is 10.1 Å². The Labute approximate surface area is 118 Å². The standard InChI is InChI=1S/C17H29NO/c1-13(2)19-16-9-7-15(8-10-16)12-18-11-14(3)17(4,5)6/h7-10,13-14,18H,11-12H2,1-6H3. The Bertz CT molecular complexity index is 362. The Balaban J connectivity index is 2.38. The SMILES string of the molecule is CC(C)Oc1ccc(CNCC(C)C(C)(C)C)cc1. The summed E-state index contributed by atoms with van der Waals surface area (Å²) in [7, 11) is 0. The second-order valence-corrected chi connectivity index (χ2v) is 6.71. The maximum Gasteiger partial charge on any atom is 0.119 e. The molecule has 0 aliphatic carbocycles. The van der Waals surface area contributed by atoms with Gasteiger partial charge in [-0.2, -0.15) is 0 Å². The van der Waals surface area contributed by atoms with Gasteiger partial charge in [0.25, 0.3) is 0 Å². The van der Waals surface area contributed by atoms with Crippen molar-refractivity contribution in [2.24, 2.45) is 11.3 Å². The van der Waals surface area contributed by atoms with E-state index in [1.54, 1.807) is 0 Å². The summed E-state index contributed by atoms with van der Waals surface area (Å²) < 4.78 is 5.64. The molecule has 0 spiro atoms. The summed E-state index contributed by atoms with van der Waals surface area (Å²) in [4.78, 5) is 0. The van der Waals surface area contributed by atoms with Gasteiger partial charge in [-0.3, -0.25) is 0 Å². The predicted molar refractivity (Wildman–Crippen MR) is 82.5 cm³/mol. The van der Waals surface area contributed by atoms with E-state index in [4.69, 9.17) is 4.74 Å². The van der Waals surface area contributed by atoms with Crippen LogP contribution in [0.5, 0.6) is 5.75 Å². The van der Waals surface area contributed by atoms with Gasteiger partial charge < -0.3 is 10.1 Å². The fraction of sp³-hybridized carbons (Fsp3) is 0.647. The summed E-state index contributed by atoms with van der Waals surface area (Å²) in [5, 5.41) is 3.53. The molecule has 1 N–H and O–H groups in total. The second-order valence-electron chi connectivity index (χ2n) is 6.71. The van der Waals surface area contributed by atoms with Crippen molar-refractivity contribution in [3.63, 3.8) is 0 Å². The van der Waals surface area contributed by atoms with E-state index >= 15 is 0 Å². The van der Waals surface area contributed by atoms with E-state index in [-0.39, 0.29) is 6.10 Å². The molecule has 0 aliphatic rings. The van der Waals surface area contributed by atoms with Crippen LogP contribution in [0.2, 0.25) is 0 Å². The molecular weight excluding hydrogens is 234 g/mol. The molecule has 0 heterocycles. The molecule has 0 amide bonds. The van der Waals surface area contributed by atoms with Gasteiger partial charge in [0.05, 0.1) is 6.10 Å². The van der Waals surface area contributed by atoms with E-state index in [0.29, 0.717) is 11.3 Å². The minimum atomic E-state index is 0.233. The highest BCUT2D eigenvalue weighted by molar-refractivity contribution is 5.27. The van der Waals surface area contributed by atoms with Crippen LogP contribution in [0.15, 0.2) is 24.3 Å². The number of rotatable bonds is 6. The Morgan fingerprint density at radius 3 is 2.11 bits per heavy atom. The number of ether oxygens (including phenoxy) is 1. The summed E-state index contributed by atoms with van der Waals surface area (Å²) >= 11 is 0. The van der Waals surface area contributed by atoms with Gasteiger partial charge in [0, 0.05) is 6.54 Å². The van der Waals surface area contributed by atoms with Crippen molar-refractivity contribution in [3.05, 3.63) is 29.8 Å². The monoisotopic (exact) mass is 263 g/mol. The molecule has 1 unspecified atom stereocenters. The van der Waals surface area contributed by atoms with Gasteiger partial charge in [-0.1, -0.05) is 39.8 Å². The molecule has 2 heteroatoms. The maximum absolute atomic E-state index is 5.64. The van der Waals surface area contributed by atoms with Crippen LogP contribution >= 0.6 is 0 Å². The predicted octanol–water partition coefficient (Wildman–Crippen LogP) is 4.25. The molecule has 1 aromatic rings. The molecule has 1 rings (SSSR count). The molecule has 1 aromatic carbocycles. The molecule has 0 saturated heterocycles. The summed E-state index contributed by atoms with van der Waals surface area (Å²) in [6, 6.07) is 8.35. The number of hydrogen-bond donors (Lipinski definition) is 1. The molecule has 0 fully saturated rings. The highest BCUT2D eigenvalue weighted by Gasteiger charge is 2.18. The highest BCUT2D eigenvalue weighted by atomic mass is 16.5. The first-order valence-corrected chi connectivity index (χ1v) is 7.25. The van der Waals surface area contributed by atoms with Gasteiger partial charge in [0.2, 0.25) is 0 Å². The van der Waals surface area contributed by atoms with Crippen LogP contribution in [0.3, 0.4) is 0 Å². The molecule has 0 aromatic heterocycles. The average molecular weight is 263 g/mol. The lowest BCUT2D eigenvalue weighted by atomic mass is 9.82. The molecular formula is C17H29NO. The molecule has 1 atom stereocenters. The van der Waals surface area contributed by atoms with Crippen LogP contribution in [-0.4, -0.2) is 12.6 Å². The fourth-order valence-corrected chi connectivity index (χ4v) is 1.70. The quantitative estimate of drug-likeness (QED) is 0.828. The minimum absolute atomic E-state index is 0.233. The smallest absolute Gasteiger partial charge is 0.119 e.